The average Bonchev–Trinajstić information content (AvgIpc) is 2.42. The number of rotatable bonds is 3. The van der Waals surface area contributed by atoms with Crippen LogP contribution in [0.25, 0.3) is 0 Å². The van der Waals surface area contributed by atoms with E-state index in [0.717, 1.165) is 6.61 Å². The summed E-state index contributed by atoms with van der Waals surface area (Å²) in [5.41, 5.74) is 0. The lowest BCUT2D eigenvalue weighted by Gasteiger charge is -1.91. The Labute approximate surface area is 48.2 Å². The summed E-state index contributed by atoms with van der Waals surface area (Å²) in [5, 5.41) is 0. The normalized spacial score (nSPS) is 27.9. The molecule has 1 atom stereocenters. The van der Waals surface area contributed by atoms with Crippen molar-refractivity contribution in [2.24, 2.45) is 0 Å². The lowest BCUT2D eigenvalue weighted by atomic mass is 10.5. The first kappa shape index (κ1) is 5.41. The van der Waals surface area contributed by atoms with Crippen LogP contribution in [0, 0.1) is 0 Å². The average molecular weight is 120 g/mol. The van der Waals surface area contributed by atoms with Crippen LogP contribution in [-0.4, -0.2) is 25.3 Å². The van der Waals surface area contributed by atoms with Gasteiger partial charge in [-0.1, -0.05) is 0 Å². The van der Waals surface area contributed by atoms with Gasteiger partial charge in [0.05, 0.1) is 19.2 Å². The summed E-state index contributed by atoms with van der Waals surface area (Å²) in [5.74, 6) is 0.500. The molecule has 7 heavy (non-hydrogen) atoms. The molecule has 0 spiro atoms. The van der Waals surface area contributed by atoms with E-state index >= 15 is 0 Å². The largest absolute Gasteiger partial charge is 0.371 e. The van der Waals surface area contributed by atoms with Crippen LogP contribution in [0.1, 0.15) is 0 Å². The molecule has 1 unspecified atom stereocenters. The van der Waals surface area contributed by atoms with Crippen molar-refractivity contribution in [3.05, 3.63) is 0 Å². The van der Waals surface area contributed by atoms with Crippen LogP contribution in [-0.2, 0) is 9.47 Å². The molecule has 1 heterocycles. The fourth-order valence-corrected chi connectivity index (χ4v) is 0.454. The van der Waals surface area contributed by atoms with Crippen LogP contribution < -0.4 is 0 Å². The zero-order chi connectivity index (χ0) is 5.11. The standard InChI is InChI=1S/C4H8O2S/c7-3-5-1-4-2-6-4/h4,7H,1-3H2. The number of hydrogen-bond acceptors (Lipinski definition) is 3. The lowest BCUT2D eigenvalue weighted by Crippen LogP contribution is -1.98. The molecule has 0 N–H and O–H groups in total. The smallest absolute Gasteiger partial charge is 0.104 e. The summed E-state index contributed by atoms with van der Waals surface area (Å²) in [7, 11) is 0. The molecule has 0 aromatic heterocycles. The molecule has 1 fully saturated rings. The maximum Gasteiger partial charge on any atom is 0.104 e. The third kappa shape index (κ3) is 2.16. The molecule has 0 aliphatic carbocycles. The molecule has 2 nitrogen and oxygen atoms in total. The first-order valence-corrected chi connectivity index (χ1v) is 2.87. The van der Waals surface area contributed by atoms with Crippen LogP contribution in [0.15, 0.2) is 0 Å². The molecule has 1 aliphatic heterocycles. The molecule has 1 aliphatic rings. The van der Waals surface area contributed by atoms with Gasteiger partial charge in [-0.2, -0.15) is 12.6 Å². The number of epoxide rings is 1. The van der Waals surface area contributed by atoms with Gasteiger partial charge in [0.15, 0.2) is 0 Å². The maximum absolute atomic E-state index is 4.90. The highest BCUT2D eigenvalue weighted by molar-refractivity contribution is 7.80. The van der Waals surface area contributed by atoms with E-state index in [1.54, 1.807) is 0 Å². The van der Waals surface area contributed by atoms with E-state index in [0.29, 0.717) is 18.6 Å². The van der Waals surface area contributed by atoms with Gasteiger partial charge < -0.3 is 9.47 Å². The van der Waals surface area contributed by atoms with Gasteiger partial charge in [0.2, 0.25) is 0 Å². The summed E-state index contributed by atoms with van der Waals surface area (Å²) >= 11 is 3.85. The first-order chi connectivity index (χ1) is 3.43. The van der Waals surface area contributed by atoms with Crippen molar-refractivity contribution in [3.63, 3.8) is 0 Å². The van der Waals surface area contributed by atoms with Gasteiger partial charge >= 0.3 is 0 Å². The van der Waals surface area contributed by atoms with E-state index in [9.17, 15) is 0 Å². The quantitative estimate of drug-likeness (QED) is 0.328. The van der Waals surface area contributed by atoms with Gasteiger partial charge in [-0.25, -0.2) is 0 Å². The maximum atomic E-state index is 4.90. The van der Waals surface area contributed by atoms with E-state index in [-0.39, 0.29) is 0 Å². The highest BCUT2D eigenvalue weighted by Crippen LogP contribution is 2.07. The molecule has 0 aromatic carbocycles. The van der Waals surface area contributed by atoms with Crippen LogP contribution >= 0.6 is 12.6 Å². The van der Waals surface area contributed by atoms with Gasteiger partial charge in [-0.3, -0.25) is 0 Å². The Morgan fingerprint density at radius 1 is 1.86 bits per heavy atom. The van der Waals surface area contributed by atoms with Crippen LogP contribution in [0.3, 0.4) is 0 Å². The Morgan fingerprint density at radius 3 is 3.00 bits per heavy atom. The monoisotopic (exact) mass is 120 g/mol. The zero-order valence-corrected chi connectivity index (χ0v) is 4.86. The SMILES string of the molecule is SCOCC1CO1. The predicted octanol–water partition coefficient (Wildman–Crippen LogP) is 0.289. The molecule has 1 saturated heterocycles. The minimum absolute atomic E-state index is 0.382. The molecule has 0 saturated carbocycles. The minimum atomic E-state index is 0.382. The third-order valence-electron chi connectivity index (χ3n) is 0.797. The van der Waals surface area contributed by atoms with Crippen molar-refractivity contribution in [2.75, 3.05) is 19.2 Å². The molecular weight excluding hydrogens is 112 g/mol. The second-order valence-electron chi connectivity index (χ2n) is 1.46. The predicted molar refractivity (Wildman–Crippen MR) is 29.5 cm³/mol. The molecular formula is C4H8O2S. The van der Waals surface area contributed by atoms with Crippen molar-refractivity contribution < 1.29 is 9.47 Å². The Hall–Kier alpha value is 0.270. The first-order valence-electron chi connectivity index (χ1n) is 2.23. The Morgan fingerprint density at radius 2 is 2.57 bits per heavy atom. The number of hydrogen-bond donors (Lipinski definition) is 1. The fourth-order valence-electron chi connectivity index (χ4n) is 0.348. The van der Waals surface area contributed by atoms with Crippen molar-refractivity contribution in [2.45, 2.75) is 6.10 Å². The van der Waals surface area contributed by atoms with Gasteiger partial charge in [-0.15, -0.1) is 0 Å². The molecule has 42 valence electrons. The third-order valence-corrected chi connectivity index (χ3v) is 0.980. The topological polar surface area (TPSA) is 21.8 Å². The zero-order valence-electron chi connectivity index (χ0n) is 3.96. The van der Waals surface area contributed by atoms with E-state index in [1.165, 1.54) is 0 Å². The van der Waals surface area contributed by atoms with Crippen LogP contribution in [0.4, 0.5) is 0 Å². The summed E-state index contributed by atoms with van der Waals surface area (Å²) in [6.07, 6.45) is 0.382. The van der Waals surface area contributed by atoms with Gasteiger partial charge in [0, 0.05) is 0 Å². The van der Waals surface area contributed by atoms with Gasteiger partial charge in [0.1, 0.15) is 6.10 Å². The summed E-state index contributed by atoms with van der Waals surface area (Å²) in [6.45, 7) is 1.58. The minimum Gasteiger partial charge on any atom is -0.371 e. The van der Waals surface area contributed by atoms with Crippen LogP contribution in [0.5, 0.6) is 0 Å². The Balaban J connectivity index is 1.80. The molecule has 0 amide bonds. The van der Waals surface area contributed by atoms with Gasteiger partial charge in [0.25, 0.3) is 0 Å². The molecule has 1 rings (SSSR count). The summed E-state index contributed by atoms with van der Waals surface area (Å²) in [6, 6.07) is 0. The van der Waals surface area contributed by atoms with E-state index < -0.39 is 0 Å². The number of ether oxygens (including phenoxy) is 2. The van der Waals surface area contributed by atoms with Crippen molar-refractivity contribution in [1.82, 2.24) is 0 Å². The van der Waals surface area contributed by atoms with E-state index in [1.807, 2.05) is 0 Å². The molecule has 0 aromatic rings. The lowest BCUT2D eigenvalue weighted by molar-refractivity contribution is 0.159. The van der Waals surface area contributed by atoms with Gasteiger partial charge in [-0.05, 0) is 0 Å². The van der Waals surface area contributed by atoms with Crippen LogP contribution in [0.2, 0.25) is 0 Å². The highest BCUT2D eigenvalue weighted by atomic mass is 32.1. The summed E-state index contributed by atoms with van der Waals surface area (Å²) in [4.78, 5) is 0. The highest BCUT2D eigenvalue weighted by Gasteiger charge is 2.21. The molecule has 0 bridgehead atoms. The Bertz CT molecular complexity index is 53.7. The molecule has 3 heteroatoms. The van der Waals surface area contributed by atoms with Crippen molar-refractivity contribution >= 4 is 12.6 Å². The van der Waals surface area contributed by atoms with Crippen molar-refractivity contribution in [3.8, 4) is 0 Å². The van der Waals surface area contributed by atoms with E-state index in [2.05, 4.69) is 12.6 Å². The second-order valence-corrected chi connectivity index (χ2v) is 1.71. The second kappa shape index (κ2) is 2.55. The fraction of sp³-hybridized carbons (Fsp3) is 1.00. The Kier molecular flexibility index (Phi) is 1.97. The van der Waals surface area contributed by atoms with Crippen molar-refractivity contribution in [1.29, 1.82) is 0 Å². The molecule has 0 radical (unpaired) electrons. The number of thiol groups is 1. The summed E-state index contributed by atoms with van der Waals surface area (Å²) < 4.78 is 9.75. The van der Waals surface area contributed by atoms with E-state index in [4.69, 9.17) is 9.47 Å².